The monoisotopic (exact) mass is 657 g/mol. The summed E-state index contributed by atoms with van der Waals surface area (Å²) in [4.78, 5) is 105. The smallest absolute Gasteiger partial charge is 0.401 e. The lowest BCUT2D eigenvalue weighted by atomic mass is 9.80. The number of likely N-dealkylation sites (tertiary alicyclic amines) is 1. The van der Waals surface area contributed by atoms with Gasteiger partial charge >= 0.3 is 29.6 Å². The molecule has 2 heterocycles. The summed E-state index contributed by atoms with van der Waals surface area (Å²) in [5.74, 6) is -15.7. The third kappa shape index (κ3) is 7.57. The topological polar surface area (TPSA) is 208 Å². The van der Waals surface area contributed by atoms with Crippen molar-refractivity contribution in [3.8, 4) is 0 Å². The van der Waals surface area contributed by atoms with Gasteiger partial charge in [0, 0.05) is 24.8 Å². The Morgan fingerprint density at radius 3 is 2.20 bits per heavy atom. The van der Waals surface area contributed by atoms with Crippen LogP contribution in [0.3, 0.4) is 0 Å². The van der Waals surface area contributed by atoms with Gasteiger partial charge in [0.25, 0.3) is 11.5 Å². The molecule has 0 saturated carbocycles. The summed E-state index contributed by atoms with van der Waals surface area (Å²) < 4.78 is 36.1. The number of carboxylic acids is 1. The van der Waals surface area contributed by atoms with Crippen molar-refractivity contribution in [2.24, 2.45) is 17.6 Å². The molecule has 0 aromatic carbocycles. The van der Waals surface area contributed by atoms with Crippen molar-refractivity contribution in [3.05, 3.63) is 33.1 Å². The molecule has 46 heavy (non-hydrogen) atoms. The largest absolute Gasteiger partial charge is 0.480 e. The van der Waals surface area contributed by atoms with E-state index in [1.54, 1.807) is 13.8 Å². The third-order valence-corrected chi connectivity index (χ3v) is 7.88. The minimum atomic E-state index is -4.79. The summed E-state index contributed by atoms with van der Waals surface area (Å²) in [6.45, 7) is 5.96. The van der Waals surface area contributed by atoms with Crippen molar-refractivity contribution in [1.82, 2.24) is 18.9 Å². The normalized spacial score (nSPS) is 17.0. The van der Waals surface area contributed by atoms with Crippen molar-refractivity contribution in [2.45, 2.75) is 97.4 Å². The first-order valence-electron chi connectivity index (χ1n) is 14.8. The number of aromatic nitrogens is 2. The number of carboxylic acid groups (broad SMARTS) is 1. The number of ether oxygens (including phenoxy) is 1. The number of esters is 1. The Morgan fingerprint density at radius 1 is 1.11 bits per heavy atom. The molecule has 0 radical (unpaired) electrons. The summed E-state index contributed by atoms with van der Waals surface area (Å²) in [5.41, 5.74) is 1.51. The minimum Gasteiger partial charge on any atom is -0.480 e. The van der Waals surface area contributed by atoms with Crippen LogP contribution in [0.15, 0.2) is 21.9 Å². The average molecular weight is 658 g/mol. The highest BCUT2D eigenvalue weighted by Crippen LogP contribution is 2.31. The SMILES string of the molecule is CCCOC(=O)C(F)(F)C(=O)[C@H](C(C)C)N(C(=O)N1CCC[C@H]1C)C(=O)[C@](N)(C(=O)Cn1ccc(=O)n(CC(=O)O)c1=O)C(C)C. The maximum atomic E-state index is 15.3. The number of nitrogens with zero attached hydrogens (tertiary/aromatic N) is 4. The number of ketones is 2. The molecule has 3 amide bonds. The first-order chi connectivity index (χ1) is 21.2. The molecule has 17 heteroatoms. The fourth-order valence-corrected chi connectivity index (χ4v) is 5.11. The zero-order valence-electron chi connectivity index (χ0n) is 26.7. The van der Waals surface area contributed by atoms with Gasteiger partial charge in [-0.15, -0.1) is 0 Å². The molecule has 1 aromatic heterocycles. The van der Waals surface area contributed by atoms with E-state index in [-0.39, 0.29) is 17.9 Å². The van der Waals surface area contributed by atoms with Gasteiger partial charge in [-0.05, 0) is 38.0 Å². The van der Waals surface area contributed by atoms with E-state index in [0.717, 1.165) is 12.3 Å². The number of carbonyl (C=O) groups is 6. The lowest BCUT2D eigenvalue weighted by Gasteiger charge is -2.41. The lowest BCUT2D eigenvalue weighted by Crippen LogP contribution is -2.70. The number of nitrogens with two attached hydrogens (primary N) is 1. The van der Waals surface area contributed by atoms with E-state index in [0.29, 0.717) is 22.0 Å². The van der Waals surface area contributed by atoms with Crippen molar-refractivity contribution < 1.29 is 47.4 Å². The summed E-state index contributed by atoms with van der Waals surface area (Å²) in [7, 11) is 0. The fourth-order valence-electron chi connectivity index (χ4n) is 5.11. The Labute approximate surface area is 263 Å². The predicted molar refractivity (Wildman–Crippen MR) is 157 cm³/mol. The van der Waals surface area contributed by atoms with Crippen molar-refractivity contribution in [1.29, 1.82) is 0 Å². The van der Waals surface area contributed by atoms with Gasteiger partial charge in [0.15, 0.2) is 11.3 Å². The van der Waals surface area contributed by atoms with Crippen LogP contribution in [0.5, 0.6) is 0 Å². The van der Waals surface area contributed by atoms with Crippen LogP contribution in [-0.2, 0) is 41.8 Å². The second-order valence-corrected chi connectivity index (χ2v) is 11.9. The van der Waals surface area contributed by atoms with Gasteiger partial charge in [-0.3, -0.25) is 33.4 Å². The van der Waals surface area contributed by atoms with Crippen LogP contribution in [0, 0.1) is 11.8 Å². The summed E-state index contributed by atoms with van der Waals surface area (Å²) >= 11 is 0. The second-order valence-electron chi connectivity index (χ2n) is 11.9. The first-order valence-corrected chi connectivity index (χ1v) is 14.8. The Morgan fingerprint density at radius 2 is 1.72 bits per heavy atom. The third-order valence-electron chi connectivity index (χ3n) is 7.88. The van der Waals surface area contributed by atoms with Gasteiger partial charge in [-0.2, -0.15) is 8.78 Å². The van der Waals surface area contributed by atoms with Crippen LogP contribution >= 0.6 is 0 Å². The molecular formula is C29H41F2N5O10. The molecule has 0 bridgehead atoms. The number of hydrogen-bond acceptors (Lipinski definition) is 10. The second kappa shape index (κ2) is 14.9. The molecule has 3 atom stereocenters. The number of Topliss-reactive ketones (excluding diaryl/α,β-unsaturated/α-hetero) is 2. The van der Waals surface area contributed by atoms with E-state index in [2.05, 4.69) is 4.74 Å². The van der Waals surface area contributed by atoms with Crippen molar-refractivity contribution in [2.75, 3.05) is 13.2 Å². The Bertz CT molecular complexity index is 1490. The van der Waals surface area contributed by atoms with Gasteiger partial charge in [-0.1, -0.05) is 34.6 Å². The number of hydrogen-bond donors (Lipinski definition) is 2. The van der Waals surface area contributed by atoms with Crippen LogP contribution in [0.2, 0.25) is 0 Å². The molecular weight excluding hydrogens is 616 g/mol. The number of carbonyl (C=O) groups excluding carboxylic acids is 5. The molecule has 1 aromatic rings. The minimum absolute atomic E-state index is 0.0887. The van der Waals surface area contributed by atoms with Gasteiger partial charge in [0.05, 0.1) is 13.2 Å². The molecule has 1 aliphatic heterocycles. The van der Waals surface area contributed by atoms with Gasteiger partial charge in [0.2, 0.25) is 5.78 Å². The van der Waals surface area contributed by atoms with Gasteiger partial charge in [-0.25, -0.2) is 19.0 Å². The lowest BCUT2D eigenvalue weighted by molar-refractivity contribution is -0.180. The Hall–Kier alpha value is -4.28. The molecule has 256 valence electrons. The highest BCUT2D eigenvalue weighted by atomic mass is 19.3. The zero-order chi connectivity index (χ0) is 35.3. The van der Waals surface area contributed by atoms with Crippen LogP contribution in [0.4, 0.5) is 13.6 Å². The fraction of sp³-hybridized carbons (Fsp3) is 0.655. The van der Waals surface area contributed by atoms with E-state index in [4.69, 9.17) is 10.8 Å². The number of rotatable bonds is 14. The maximum Gasteiger partial charge on any atom is 0.401 e. The molecule has 15 nitrogen and oxygen atoms in total. The quantitative estimate of drug-likeness (QED) is 0.209. The maximum absolute atomic E-state index is 15.3. The Kier molecular flexibility index (Phi) is 12.3. The average Bonchev–Trinajstić information content (AvgIpc) is 3.41. The predicted octanol–water partition coefficient (Wildman–Crippen LogP) is 0.632. The molecule has 1 aliphatic rings. The zero-order valence-corrected chi connectivity index (χ0v) is 26.7. The van der Waals surface area contributed by atoms with Gasteiger partial charge < -0.3 is 20.5 Å². The van der Waals surface area contributed by atoms with Crippen LogP contribution in [-0.4, -0.2) is 96.2 Å². The van der Waals surface area contributed by atoms with Crippen molar-refractivity contribution >= 4 is 35.4 Å². The summed E-state index contributed by atoms with van der Waals surface area (Å²) in [5, 5.41) is 9.07. The number of imide groups is 1. The van der Waals surface area contributed by atoms with E-state index in [1.165, 1.54) is 32.6 Å². The highest BCUT2D eigenvalue weighted by Gasteiger charge is 2.59. The number of urea groups is 1. The summed E-state index contributed by atoms with van der Waals surface area (Å²) in [6, 6.07) is -3.15. The molecule has 0 spiro atoms. The summed E-state index contributed by atoms with van der Waals surface area (Å²) in [6.07, 6.45) is 2.02. The molecule has 2 rings (SSSR count). The van der Waals surface area contributed by atoms with E-state index in [9.17, 15) is 38.4 Å². The van der Waals surface area contributed by atoms with E-state index in [1.807, 2.05) is 0 Å². The van der Waals surface area contributed by atoms with Crippen LogP contribution < -0.4 is 17.0 Å². The molecule has 3 N–H and O–H groups in total. The highest BCUT2D eigenvalue weighted by molar-refractivity contribution is 6.17. The number of alkyl halides is 2. The molecule has 0 aliphatic carbocycles. The van der Waals surface area contributed by atoms with Crippen LogP contribution in [0.1, 0.15) is 60.8 Å². The number of aliphatic carboxylic acids is 1. The number of amides is 3. The van der Waals surface area contributed by atoms with E-state index >= 15 is 8.78 Å². The van der Waals surface area contributed by atoms with Gasteiger partial charge in [0.1, 0.15) is 12.6 Å². The standard InChI is InChI=1S/C29H41F2N5O10/c1-7-13-46-25(43)29(30,31)23(41)22(16(2)3)36(27(45)34-11-8-9-18(34)6)24(42)28(32,17(4)5)19(37)14-33-12-10-20(38)35(26(33)44)15-21(39)40/h10,12,16-18,22H,7-9,11,13-15,32H2,1-6H3,(H,39,40)/t18-,22+,28-/m1/s1. The van der Waals surface area contributed by atoms with E-state index < -0.39 is 102 Å². The first kappa shape index (κ1) is 37.9. The molecule has 1 saturated heterocycles. The van der Waals surface area contributed by atoms with Crippen LogP contribution in [0.25, 0.3) is 0 Å². The van der Waals surface area contributed by atoms with Crippen molar-refractivity contribution in [3.63, 3.8) is 0 Å². The Balaban J connectivity index is 2.73. The molecule has 1 fully saturated rings. The molecule has 0 unspecified atom stereocenters. The number of halogens is 2.